The molecule has 0 radical (unpaired) electrons. The normalized spacial score (nSPS) is 17.1. The Bertz CT molecular complexity index is 624. The van der Waals surface area contributed by atoms with E-state index in [1.807, 2.05) is 12.1 Å². The predicted molar refractivity (Wildman–Crippen MR) is 80.4 cm³/mol. The van der Waals surface area contributed by atoms with Crippen molar-refractivity contribution in [1.29, 1.82) is 0 Å². The molecule has 0 amide bonds. The minimum atomic E-state index is 0.186. The molecule has 0 bridgehead atoms. The summed E-state index contributed by atoms with van der Waals surface area (Å²) in [7, 11) is 1.58. The fourth-order valence-electron chi connectivity index (χ4n) is 2.89. The first kappa shape index (κ1) is 12.9. The number of hydrogen-bond donors (Lipinski definition) is 1. The lowest BCUT2D eigenvalue weighted by Gasteiger charge is -2.25. The van der Waals surface area contributed by atoms with Crippen LogP contribution in [-0.4, -0.2) is 18.3 Å². The first-order chi connectivity index (χ1) is 9.69. The maximum absolute atomic E-state index is 9.67. The number of phenols is 1. The van der Waals surface area contributed by atoms with Crippen molar-refractivity contribution in [1.82, 2.24) is 0 Å². The van der Waals surface area contributed by atoms with Crippen molar-refractivity contribution >= 4 is 5.69 Å². The van der Waals surface area contributed by atoms with Crippen LogP contribution in [0.5, 0.6) is 11.5 Å². The van der Waals surface area contributed by atoms with Gasteiger partial charge in [-0.15, -0.1) is 0 Å². The summed E-state index contributed by atoms with van der Waals surface area (Å²) >= 11 is 0. The number of methoxy groups -OCH3 is 1. The van der Waals surface area contributed by atoms with Crippen molar-refractivity contribution in [2.24, 2.45) is 0 Å². The molecule has 0 spiro atoms. The van der Waals surface area contributed by atoms with Gasteiger partial charge in [-0.1, -0.05) is 24.3 Å². The smallest absolute Gasteiger partial charge is 0.160 e. The summed E-state index contributed by atoms with van der Waals surface area (Å²) in [6.07, 6.45) is 1.09. The Morgan fingerprint density at radius 2 is 2.05 bits per heavy atom. The van der Waals surface area contributed by atoms with Gasteiger partial charge in [-0.25, -0.2) is 0 Å². The monoisotopic (exact) mass is 269 g/mol. The van der Waals surface area contributed by atoms with Gasteiger partial charge in [-0.2, -0.15) is 0 Å². The third-order valence-corrected chi connectivity index (χ3v) is 3.95. The number of ether oxygens (including phenoxy) is 1. The molecule has 2 aromatic carbocycles. The van der Waals surface area contributed by atoms with Gasteiger partial charge >= 0.3 is 0 Å². The van der Waals surface area contributed by atoms with Crippen LogP contribution in [0.25, 0.3) is 0 Å². The molecule has 1 unspecified atom stereocenters. The zero-order valence-corrected chi connectivity index (χ0v) is 11.8. The number of para-hydroxylation sites is 1. The van der Waals surface area contributed by atoms with Gasteiger partial charge in [0.2, 0.25) is 0 Å². The van der Waals surface area contributed by atoms with Gasteiger partial charge < -0.3 is 14.7 Å². The molecule has 3 nitrogen and oxygen atoms in total. The van der Waals surface area contributed by atoms with E-state index in [1.54, 1.807) is 13.2 Å². The van der Waals surface area contributed by atoms with Crippen LogP contribution < -0.4 is 9.64 Å². The van der Waals surface area contributed by atoms with Gasteiger partial charge in [-0.3, -0.25) is 0 Å². The predicted octanol–water partition coefficient (Wildman–Crippen LogP) is 3.35. The molecule has 3 rings (SSSR count). The molecule has 0 fully saturated rings. The van der Waals surface area contributed by atoms with E-state index < -0.39 is 0 Å². The van der Waals surface area contributed by atoms with E-state index in [0.717, 1.165) is 18.5 Å². The van der Waals surface area contributed by atoms with Crippen molar-refractivity contribution in [2.45, 2.75) is 25.9 Å². The molecule has 3 heteroatoms. The fraction of sp³-hybridized carbons (Fsp3) is 0.294. The summed E-state index contributed by atoms with van der Waals surface area (Å²) in [6, 6.07) is 14.6. The molecule has 0 saturated heterocycles. The quantitative estimate of drug-likeness (QED) is 0.927. The number of nitrogens with zero attached hydrogens (tertiary/aromatic N) is 1. The van der Waals surface area contributed by atoms with E-state index in [-0.39, 0.29) is 5.75 Å². The molecule has 2 aromatic rings. The maximum Gasteiger partial charge on any atom is 0.160 e. The second-order valence-corrected chi connectivity index (χ2v) is 5.32. The van der Waals surface area contributed by atoms with Crippen molar-refractivity contribution in [3.8, 4) is 11.5 Å². The average molecular weight is 269 g/mol. The molecule has 104 valence electrons. The van der Waals surface area contributed by atoms with Crippen LogP contribution in [0.15, 0.2) is 42.5 Å². The SMILES string of the molecule is COc1cc(CN2c3ccccc3CC2C)ccc1O. The third kappa shape index (κ3) is 2.20. The lowest BCUT2D eigenvalue weighted by molar-refractivity contribution is 0.373. The Labute approximate surface area is 119 Å². The van der Waals surface area contributed by atoms with Crippen molar-refractivity contribution in [3.63, 3.8) is 0 Å². The van der Waals surface area contributed by atoms with Crippen molar-refractivity contribution in [2.75, 3.05) is 12.0 Å². The first-order valence-corrected chi connectivity index (χ1v) is 6.89. The highest BCUT2D eigenvalue weighted by atomic mass is 16.5. The van der Waals surface area contributed by atoms with E-state index >= 15 is 0 Å². The molecule has 0 aromatic heterocycles. The Balaban J connectivity index is 1.88. The van der Waals surface area contributed by atoms with Gasteiger partial charge in [0.15, 0.2) is 11.5 Å². The molecular weight excluding hydrogens is 250 g/mol. The second-order valence-electron chi connectivity index (χ2n) is 5.32. The van der Waals surface area contributed by atoms with E-state index in [9.17, 15) is 5.11 Å². The second kappa shape index (κ2) is 5.08. The van der Waals surface area contributed by atoms with E-state index in [1.165, 1.54) is 11.3 Å². The summed E-state index contributed by atoms with van der Waals surface area (Å²) < 4.78 is 5.18. The molecule has 0 saturated carbocycles. The number of phenolic OH excluding ortho intramolecular Hbond substituents is 1. The number of anilines is 1. The Kier molecular flexibility index (Phi) is 3.26. The summed E-state index contributed by atoms with van der Waals surface area (Å²) in [5.41, 5.74) is 3.86. The van der Waals surface area contributed by atoms with E-state index in [4.69, 9.17) is 4.74 Å². The topological polar surface area (TPSA) is 32.7 Å². The zero-order chi connectivity index (χ0) is 14.1. The summed E-state index contributed by atoms with van der Waals surface area (Å²) in [5, 5.41) is 9.67. The van der Waals surface area contributed by atoms with Crippen LogP contribution in [0.3, 0.4) is 0 Å². The van der Waals surface area contributed by atoms with E-state index in [2.05, 4.69) is 36.1 Å². The number of fused-ring (bicyclic) bond motifs is 1. The highest BCUT2D eigenvalue weighted by Crippen LogP contribution is 2.34. The zero-order valence-electron chi connectivity index (χ0n) is 11.8. The molecule has 0 aliphatic carbocycles. The van der Waals surface area contributed by atoms with E-state index in [0.29, 0.717) is 11.8 Å². The number of benzene rings is 2. The van der Waals surface area contributed by atoms with Crippen molar-refractivity contribution in [3.05, 3.63) is 53.6 Å². The Morgan fingerprint density at radius 1 is 1.25 bits per heavy atom. The molecule has 1 N–H and O–H groups in total. The van der Waals surface area contributed by atoms with Crippen molar-refractivity contribution < 1.29 is 9.84 Å². The molecular formula is C17H19NO2. The van der Waals surface area contributed by atoms with Crippen LogP contribution in [-0.2, 0) is 13.0 Å². The van der Waals surface area contributed by atoms with Crippen LogP contribution in [0.2, 0.25) is 0 Å². The van der Waals surface area contributed by atoms with Gasteiger partial charge in [-0.05, 0) is 42.7 Å². The van der Waals surface area contributed by atoms with Crippen LogP contribution in [0, 0.1) is 0 Å². The molecule has 1 atom stereocenters. The highest BCUT2D eigenvalue weighted by molar-refractivity contribution is 5.59. The largest absolute Gasteiger partial charge is 0.504 e. The van der Waals surface area contributed by atoms with Gasteiger partial charge in [0, 0.05) is 18.3 Å². The minimum Gasteiger partial charge on any atom is -0.504 e. The minimum absolute atomic E-state index is 0.186. The summed E-state index contributed by atoms with van der Waals surface area (Å²) in [4.78, 5) is 2.40. The van der Waals surface area contributed by atoms with Crippen LogP contribution in [0.4, 0.5) is 5.69 Å². The van der Waals surface area contributed by atoms with Gasteiger partial charge in [0.25, 0.3) is 0 Å². The Hall–Kier alpha value is -2.16. The first-order valence-electron chi connectivity index (χ1n) is 6.89. The fourth-order valence-corrected chi connectivity index (χ4v) is 2.89. The number of aromatic hydroxyl groups is 1. The standard InChI is InChI=1S/C17H19NO2/c1-12-9-14-5-3-4-6-15(14)18(12)11-13-7-8-16(19)17(10-13)20-2/h3-8,10,12,19H,9,11H2,1-2H3. The van der Waals surface area contributed by atoms with Gasteiger partial charge in [0.1, 0.15) is 0 Å². The third-order valence-electron chi connectivity index (χ3n) is 3.95. The summed E-state index contributed by atoms with van der Waals surface area (Å²) in [5.74, 6) is 0.716. The lowest BCUT2D eigenvalue weighted by atomic mass is 10.1. The average Bonchev–Trinajstić information content (AvgIpc) is 2.77. The van der Waals surface area contributed by atoms with Crippen LogP contribution in [0.1, 0.15) is 18.1 Å². The number of rotatable bonds is 3. The molecule has 1 heterocycles. The molecule has 1 aliphatic rings. The van der Waals surface area contributed by atoms with Gasteiger partial charge in [0.05, 0.1) is 7.11 Å². The number of hydrogen-bond acceptors (Lipinski definition) is 3. The maximum atomic E-state index is 9.67. The lowest BCUT2D eigenvalue weighted by Crippen LogP contribution is -2.28. The van der Waals surface area contributed by atoms with Crippen LogP contribution >= 0.6 is 0 Å². The summed E-state index contributed by atoms with van der Waals surface area (Å²) in [6.45, 7) is 3.08. The highest BCUT2D eigenvalue weighted by Gasteiger charge is 2.25. The molecule has 20 heavy (non-hydrogen) atoms. The molecule has 1 aliphatic heterocycles. The Morgan fingerprint density at radius 3 is 2.85 bits per heavy atom.